The van der Waals surface area contributed by atoms with Crippen LogP contribution in [0.3, 0.4) is 0 Å². The van der Waals surface area contributed by atoms with E-state index in [1.54, 1.807) is 0 Å². The van der Waals surface area contributed by atoms with Crippen molar-refractivity contribution in [3.05, 3.63) is 24.8 Å². The number of hydrogen-bond acceptors (Lipinski definition) is 0. The molecule has 0 N–H and O–H groups in total. The molecule has 0 spiro atoms. The molecule has 1 saturated carbocycles. The Hall–Kier alpha value is -0.520. The molecule has 9 heavy (non-hydrogen) atoms. The summed E-state index contributed by atoms with van der Waals surface area (Å²) in [6.45, 7) is 5.96. The topological polar surface area (TPSA) is 0 Å². The van der Waals surface area contributed by atoms with Crippen LogP contribution in [0.2, 0.25) is 0 Å². The first-order chi connectivity index (χ1) is 4.33. The van der Waals surface area contributed by atoms with Gasteiger partial charge < -0.3 is 0 Å². The van der Waals surface area contributed by atoms with E-state index in [2.05, 4.69) is 31.7 Å². The third-order valence-corrected chi connectivity index (χ3v) is 1.92. The summed E-state index contributed by atoms with van der Waals surface area (Å²) in [6, 6.07) is 0. The summed E-state index contributed by atoms with van der Waals surface area (Å²) in [7, 11) is 0. The standard InChI is InChI=1S/C9H14/c1-3-5-6-9(4-2)7-8-9/h4-6H,2-3,7-8H2,1H3. The van der Waals surface area contributed by atoms with Gasteiger partial charge in [0, 0.05) is 5.41 Å². The average Bonchev–Trinajstić information content (AvgIpc) is 2.65. The lowest BCUT2D eigenvalue weighted by atomic mass is 10.1. The second-order valence-electron chi connectivity index (χ2n) is 2.75. The zero-order valence-electron chi connectivity index (χ0n) is 6.06. The Kier molecular flexibility index (Phi) is 1.75. The van der Waals surface area contributed by atoms with Crippen LogP contribution in [0.25, 0.3) is 0 Å². The van der Waals surface area contributed by atoms with Gasteiger partial charge in [-0.1, -0.05) is 25.2 Å². The minimum absolute atomic E-state index is 0.427. The Morgan fingerprint density at radius 3 is 2.56 bits per heavy atom. The largest absolute Gasteiger partial charge is 0.102 e. The zero-order chi connectivity index (χ0) is 6.74. The Balaban J connectivity index is 2.41. The first-order valence-corrected chi connectivity index (χ1v) is 3.64. The van der Waals surface area contributed by atoms with Crippen LogP contribution in [0.5, 0.6) is 0 Å². The minimum Gasteiger partial charge on any atom is -0.102 e. The van der Waals surface area contributed by atoms with E-state index in [1.165, 1.54) is 12.8 Å². The molecule has 0 unspecified atom stereocenters. The molecule has 0 nitrogen and oxygen atoms in total. The molecule has 0 atom stereocenters. The molecule has 1 aliphatic rings. The first-order valence-electron chi connectivity index (χ1n) is 3.64. The van der Waals surface area contributed by atoms with Gasteiger partial charge in [0.05, 0.1) is 0 Å². The monoisotopic (exact) mass is 122 g/mol. The van der Waals surface area contributed by atoms with Crippen LogP contribution in [-0.2, 0) is 0 Å². The van der Waals surface area contributed by atoms with Crippen molar-refractivity contribution in [2.75, 3.05) is 0 Å². The van der Waals surface area contributed by atoms with Crippen molar-refractivity contribution in [3.8, 4) is 0 Å². The first kappa shape index (κ1) is 6.60. The summed E-state index contributed by atoms with van der Waals surface area (Å²) < 4.78 is 0. The van der Waals surface area contributed by atoms with Crippen LogP contribution in [-0.4, -0.2) is 0 Å². The van der Waals surface area contributed by atoms with Crippen molar-refractivity contribution in [2.45, 2.75) is 26.2 Å². The highest BCUT2D eigenvalue weighted by molar-refractivity contribution is 5.17. The van der Waals surface area contributed by atoms with Gasteiger partial charge >= 0.3 is 0 Å². The van der Waals surface area contributed by atoms with Gasteiger partial charge in [-0.05, 0) is 19.3 Å². The fraction of sp³-hybridized carbons (Fsp3) is 0.556. The summed E-state index contributed by atoms with van der Waals surface area (Å²) in [4.78, 5) is 0. The predicted octanol–water partition coefficient (Wildman–Crippen LogP) is 2.92. The summed E-state index contributed by atoms with van der Waals surface area (Å²) in [5.41, 5.74) is 0.427. The van der Waals surface area contributed by atoms with E-state index < -0.39 is 0 Å². The van der Waals surface area contributed by atoms with Crippen LogP contribution in [0, 0.1) is 5.41 Å². The molecule has 0 aliphatic heterocycles. The van der Waals surface area contributed by atoms with E-state index in [4.69, 9.17) is 0 Å². The second-order valence-corrected chi connectivity index (χ2v) is 2.75. The fourth-order valence-corrected chi connectivity index (χ4v) is 0.936. The lowest BCUT2D eigenvalue weighted by molar-refractivity contribution is 0.853. The molecule has 50 valence electrons. The van der Waals surface area contributed by atoms with Crippen molar-refractivity contribution in [1.82, 2.24) is 0 Å². The molecule has 0 aromatic carbocycles. The number of hydrogen-bond donors (Lipinski definition) is 0. The van der Waals surface area contributed by atoms with Crippen LogP contribution >= 0.6 is 0 Å². The average molecular weight is 122 g/mol. The Morgan fingerprint density at radius 1 is 1.56 bits per heavy atom. The lowest BCUT2D eigenvalue weighted by Crippen LogP contribution is -1.85. The Labute approximate surface area is 57.3 Å². The summed E-state index contributed by atoms with van der Waals surface area (Å²) in [5, 5.41) is 0. The maximum absolute atomic E-state index is 3.80. The molecule has 1 fully saturated rings. The Morgan fingerprint density at radius 2 is 2.22 bits per heavy atom. The minimum atomic E-state index is 0.427. The quantitative estimate of drug-likeness (QED) is 0.505. The second kappa shape index (κ2) is 2.38. The summed E-state index contributed by atoms with van der Waals surface area (Å²) in [5.74, 6) is 0. The van der Waals surface area contributed by atoms with E-state index in [1.807, 2.05) is 0 Å². The maximum atomic E-state index is 3.80. The number of rotatable bonds is 3. The number of allylic oxidation sites excluding steroid dienone is 3. The van der Waals surface area contributed by atoms with Crippen molar-refractivity contribution < 1.29 is 0 Å². The van der Waals surface area contributed by atoms with Gasteiger partial charge in [-0.2, -0.15) is 0 Å². The van der Waals surface area contributed by atoms with Crippen molar-refractivity contribution in [2.24, 2.45) is 5.41 Å². The van der Waals surface area contributed by atoms with Gasteiger partial charge in [0.15, 0.2) is 0 Å². The van der Waals surface area contributed by atoms with E-state index >= 15 is 0 Å². The third-order valence-electron chi connectivity index (χ3n) is 1.92. The molecule has 1 aliphatic carbocycles. The van der Waals surface area contributed by atoms with E-state index in [0.29, 0.717) is 5.41 Å². The van der Waals surface area contributed by atoms with Gasteiger partial charge in [-0.3, -0.25) is 0 Å². The molecule has 0 heteroatoms. The van der Waals surface area contributed by atoms with Crippen molar-refractivity contribution in [1.29, 1.82) is 0 Å². The molecule has 0 aromatic heterocycles. The highest BCUT2D eigenvalue weighted by atomic mass is 14.4. The molecule has 0 aromatic rings. The maximum Gasteiger partial charge on any atom is 0.00591 e. The van der Waals surface area contributed by atoms with Crippen LogP contribution in [0.4, 0.5) is 0 Å². The zero-order valence-corrected chi connectivity index (χ0v) is 6.06. The molecule has 0 heterocycles. The molecule has 0 saturated heterocycles. The fourth-order valence-electron chi connectivity index (χ4n) is 0.936. The van der Waals surface area contributed by atoms with Gasteiger partial charge in [-0.25, -0.2) is 0 Å². The van der Waals surface area contributed by atoms with Crippen LogP contribution in [0.15, 0.2) is 24.8 Å². The lowest BCUT2D eigenvalue weighted by Gasteiger charge is -1.97. The van der Waals surface area contributed by atoms with Gasteiger partial charge in [-0.15, -0.1) is 6.58 Å². The van der Waals surface area contributed by atoms with E-state index in [9.17, 15) is 0 Å². The van der Waals surface area contributed by atoms with Crippen LogP contribution < -0.4 is 0 Å². The third kappa shape index (κ3) is 1.44. The molecule has 1 rings (SSSR count). The van der Waals surface area contributed by atoms with E-state index in [0.717, 1.165) is 6.42 Å². The van der Waals surface area contributed by atoms with Gasteiger partial charge in [0.1, 0.15) is 0 Å². The highest BCUT2D eigenvalue weighted by Gasteiger charge is 2.35. The molecule has 0 bridgehead atoms. The van der Waals surface area contributed by atoms with Crippen molar-refractivity contribution in [3.63, 3.8) is 0 Å². The molecule has 0 radical (unpaired) electrons. The van der Waals surface area contributed by atoms with Gasteiger partial charge in [0.25, 0.3) is 0 Å². The van der Waals surface area contributed by atoms with Crippen LogP contribution in [0.1, 0.15) is 26.2 Å². The normalized spacial score (nSPS) is 22.3. The van der Waals surface area contributed by atoms with Gasteiger partial charge in [0.2, 0.25) is 0 Å². The Bertz CT molecular complexity index is 127. The summed E-state index contributed by atoms with van der Waals surface area (Å²) >= 11 is 0. The molecular formula is C9H14. The molecule has 0 amide bonds. The SMILES string of the molecule is C=CC1(C=CCC)CC1. The predicted molar refractivity (Wildman–Crippen MR) is 41.3 cm³/mol. The smallest absolute Gasteiger partial charge is 0.00591 e. The van der Waals surface area contributed by atoms with E-state index in [-0.39, 0.29) is 0 Å². The summed E-state index contributed by atoms with van der Waals surface area (Å²) in [6.07, 6.45) is 10.4. The highest BCUT2D eigenvalue weighted by Crippen LogP contribution is 2.47. The molecular weight excluding hydrogens is 108 g/mol. The van der Waals surface area contributed by atoms with Crippen molar-refractivity contribution >= 4 is 0 Å².